The minimum Gasteiger partial charge on any atom is -0.453 e. The lowest BCUT2D eigenvalue weighted by molar-refractivity contribution is 0.101. The van der Waals surface area contributed by atoms with Crippen LogP contribution in [0.2, 0.25) is 0 Å². The fraction of sp³-hybridized carbons (Fsp3) is 0.167. The number of ketones is 1. The zero-order valence-electron chi connectivity index (χ0n) is 11.9. The Morgan fingerprint density at radius 3 is 2.25 bits per heavy atom. The number of fused-ring (bicyclic) bond motifs is 1. The number of hydrogen-bond donors (Lipinski definition) is 0. The number of rotatable bonds is 2. The minimum atomic E-state index is -0.0642. The Kier molecular flexibility index (Phi) is 2.94. The summed E-state index contributed by atoms with van der Waals surface area (Å²) in [5.74, 6) is 0.334. The van der Waals surface area contributed by atoms with Crippen LogP contribution >= 0.6 is 0 Å². The quantitative estimate of drug-likeness (QED) is 0.634. The Labute approximate surface area is 118 Å². The molecule has 0 amide bonds. The average Bonchev–Trinajstić information content (AvgIpc) is 2.79. The van der Waals surface area contributed by atoms with E-state index < -0.39 is 0 Å². The number of furan rings is 1. The summed E-state index contributed by atoms with van der Waals surface area (Å²) in [5.41, 5.74) is 4.76. The van der Waals surface area contributed by atoms with Crippen LogP contribution in [-0.4, -0.2) is 5.78 Å². The summed E-state index contributed by atoms with van der Waals surface area (Å²) in [7, 11) is 0. The molecule has 2 heteroatoms. The van der Waals surface area contributed by atoms with Crippen LogP contribution in [0, 0.1) is 20.8 Å². The summed E-state index contributed by atoms with van der Waals surface area (Å²) in [5, 5.41) is 0.970. The summed E-state index contributed by atoms with van der Waals surface area (Å²) in [6.07, 6.45) is 0. The highest BCUT2D eigenvalue weighted by molar-refractivity contribution is 6.09. The SMILES string of the molecule is Cc1cc(C)cc(C(=O)c2cc3cc(C)ccc3o2)c1. The van der Waals surface area contributed by atoms with Crippen LogP contribution in [0.4, 0.5) is 0 Å². The van der Waals surface area contributed by atoms with Crippen molar-refractivity contribution in [3.63, 3.8) is 0 Å². The van der Waals surface area contributed by atoms with E-state index in [2.05, 4.69) is 6.07 Å². The molecule has 20 heavy (non-hydrogen) atoms. The largest absolute Gasteiger partial charge is 0.453 e. The van der Waals surface area contributed by atoms with E-state index in [1.54, 1.807) is 0 Å². The third-order valence-corrected chi connectivity index (χ3v) is 3.38. The molecule has 3 aromatic rings. The third kappa shape index (κ3) is 2.25. The van der Waals surface area contributed by atoms with Crippen molar-refractivity contribution in [1.29, 1.82) is 0 Å². The van der Waals surface area contributed by atoms with Crippen molar-refractivity contribution in [2.24, 2.45) is 0 Å². The van der Waals surface area contributed by atoms with Gasteiger partial charge in [-0.15, -0.1) is 0 Å². The lowest BCUT2D eigenvalue weighted by Crippen LogP contribution is -2.00. The summed E-state index contributed by atoms with van der Waals surface area (Å²) in [6.45, 7) is 6.01. The molecule has 0 saturated heterocycles. The fourth-order valence-corrected chi connectivity index (χ4v) is 2.52. The van der Waals surface area contributed by atoms with Crippen molar-refractivity contribution < 1.29 is 9.21 Å². The normalized spacial score (nSPS) is 10.9. The topological polar surface area (TPSA) is 30.2 Å². The second kappa shape index (κ2) is 4.64. The van der Waals surface area contributed by atoms with Gasteiger partial charge in [0, 0.05) is 10.9 Å². The lowest BCUT2D eigenvalue weighted by Gasteiger charge is -2.02. The molecule has 3 rings (SSSR count). The van der Waals surface area contributed by atoms with Gasteiger partial charge in [-0.3, -0.25) is 4.79 Å². The molecule has 2 nitrogen and oxygen atoms in total. The van der Waals surface area contributed by atoms with Crippen LogP contribution in [-0.2, 0) is 0 Å². The highest BCUT2D eigenvalue weighted by Crippen LogP contribution is 2.23. The van der Waals surface area contributed by atoms with E-state index in [4.69, 9.17) is 4.42 Å². The zero-order chi connectivity index (χ0) is 14.3. The minimum absolute atomic E-state index is 0.0642. The first-order valence-corrected chi connectivity index (χ1v) is 6.66. The van der Waals surface area contributed by atoms with Crippen molar-refractivity contribution in [2.75, 3.05) is 0 Å². The summed E-state index contributed by atoms with van der Waals surface area (Å²) < 4.78 is 5.67. The van der Waals surface area contributed by atoms with Crippen LogP contribution < -0.4 is 0 Å². The molecule has 1 aromatic heterocycles. The number of aryl methyl sites for hydroxylation is 3. The maximum atomic E-state index is 12.5. The van der Waals surface area contributed by atoms with E-state index in [-0.39, 0.29) is 5.78 Å². The first kappa shape index (κ1) is 12.7. The molecule has 0 fully saturated rings. The number of carbonyl (C=O) groups excluding carboxylic acids is 1. The van der Waals surface area contributed by atoms with Crippen molar-refractivity contribution in [1.82, 2.24) is 0 Å². The summed E-state index contributed by atoms with van der Waals surface area (Å²) >= 11 is 0. The van der Waals surface area contributed by atoms with Crippen LogP contribution in [0.1, 0.15) is 32.8 Å². The molecule has 100 valence electrons. The van der Waals surface area contributed by atoms with Crippen LogP contribution in [0.5, 0.6) is 0 Å². The van der Waals surface area contributed by atoms with Gasteiger partial charge < -0.3 is 4.42 Å². The second-order valence-corrected chi connectivity index (χ2v) is 5.36. The molecule has 0 bridgehead atoms. The molecular formula is C18H16O2. The first-order chi connectivity index (χ1) is 9.52. The number of benzene rings is 2. The van der Waals surface area contributed by atoms with E-state index in [9.17, 15) is 4.79 Å². The van der Waals surface area contributed by atoms with Gasteiger partial charge in [0.05, 0.1) is 0 Å². The van der Waals surface area contributed by atoms with E-state index >= 15 is 0 Å². The Bertz CT molecular complexity index is 789. The molecule has 0 spiro atoms. The Morgan fingerprint density at radius 2 is 1.55 bits per heavy atom. The second-order valence-electron chi connectivity index (χ2n) is 5.36. The van der Waals surface area contributed by atoms with Gasteiger partial charge in [-0.2, -0.15) is 0 Å². The Morgan fingerprint density at radius 1 is 0.850 bits per heavy atom. The van der Waals surface area contributed by atoms with E-state index in [1.807, 2.05) is 57.2 Å². The maximum absolute atomic E-state index is 12.5. The molecule has 0 N–H and O–H groups in total. The van der Waals surface area contributed by atoms with Gasteiger partial charge >= 0.3 is 0 Å². The third-order valence-electron chi connectivity index (χ3n) is 3.38. The van der Waals surface area contributed by atoms with Gasteiger partial charge in [-0.25, -0.2) is 0 Å². The Hall–Kier alpha value is -2.35. The van der Waals surface area contributed by atoms with Crippen LogP contribution in [0.15, 0.2) is 46.9 Å². The molecule has 0 saturated carbocycles. The molecule has 0 radical (unpaired) electrons. The van der Waals surface area contributed by atoms with Crippen molar-refractivity contribution >= 4 is 16.8 Å². The van der Waals surface area contributed by atoms with Crippen molar-refractivity contribution in [3.05, 3.63) is 70.5 Å². The van der Waals surface area contributed by atoms with Crippen molar-refractivity contribution in [2.45, 2.75) is 20.8 Å². The highest BCUT2D eigenvalue weighted by atomic mass is 16.3. The fourth-order valence-electron chi connectivity index (χ4n) is 2.52. The van der Waals surface area contributed by atoms with Gasteiger partial charge in [-0.05, 0) is 51.1 Å². The molecule has 0 aliphatic rings. The lowest BCUT2D eigenvalue weighted by atomic mass is 10.0. The molecule has 0 atom stereocenters. The van der Waals surface area contributed by atoms with Gasteiger partial charge in [-0.1, -0.05) is 28.8 Å². The highest BCUT2D eigenvalue weighted by Gasteiger charge is 2.15. The van der Waals surface area contributed by atoms with E-state index in [0.29, 0.717) is 11.3 Å². The van der Waals surface area contributed by atoms with Gasteiger partial charge in [0.2, 0.25) is 5.78 Å². The summed E-state index contributed by atoms with van der Waals surface area (Å²) in [6, 6.07) is 13.6. The Balaban J connectivity index is 2.07. The van der Waals surface area contributed by atoms with Gasteiger partial charge in [0.15, 0.2) is 5.76 Å². The predicted octanol–water partition coefficient (Wildman–Crippen LogP) is 4.59. The van der Waals surface area contributed by atoms with Crippen LogP contribution in [0.25, 0.3) is 11.0 Å². The molecule has 1 heterocycles. The van der Waals surface area contributed by atoms with Crippen molar-refractivity contribution in [3.8, 4) is 0 Å². The van der Waals surface area contributed by atoms with Gasteiger partial charge in [0.1, 0.15) is 5.58 Å². The molecular weight excluding hydrogens is 248 g/mol. The molecule has 0 unspecified atom stereocenters. The monoisotopic (exact) mass is 264 g/mol. The summed E-state index contributed by atoms with van der Waals surface area (Å²) in [4.78, 5) is 12.5. The zero-order valence-corrected chi connectivity index (χ0v) is 11.9. The first-order valence-electron chi connectivity index (χ1n) is 6.66. The van der Waals surface area contributed by atoms with Crippen LogP contribution in [0.3, 0.4) is 0 Å². The van der Waals surface area contributed by atoms with E-state index in [0.717, 1.165) is 27.7 Å². The standard InChI is InChI=1S/C18H16O2/c1-11-4-5-16-14(7-11)10-17(20-16)18(19)15-8-12(2)6-13(3)9-15/h4-10H,1-3H3. The number of carbonyl (C=O) groups is 1. The number of hydrogen-bond acceptors (Lipinski definition) is 2. The predicted molar refractivity (Wildman–Crippen MR) is 80.3 cm³/mol. The van der Waals surface area contributed by atoms with Gasteiger partial charge in [0.25, 0.3) is 0 Å². The molecule has 0 aliphatic heterocycles. The smallest absolute Gasteiger partial charge is 0.228 e. The van der Waals surface area contributed by atoms with E-state index in [1.165, 1.54) is 0 Å². The maximum Gasteiger partial charge on any atom is 0.228 e. The average molecular weight is 264 g/mol. The molecule has 2 aromatic carbocycles. The molecule has 0 aliphatic carbocycles.